The quantitative estimate of drug-likeness (QED) is 0.720. The van der Waals surface area contributed by atoms with Gasteiger partial charge < -0.3 is 5.73 Å². The number of thiocarbonyl (C=S) groups is 1. The van der Waals surface area contributed by atoms with E-state index in [1.807, 2.05) is 25.1 Å². The van der Waals surface area contributed by atoms with Crippen molar-refractivity contribution in [2.45, 2.75) is 6.92 Å². The van der Waals surface area contributed by atoms with Gasteiger partial charge in [-0.05, 0) is 30.7 Å². The van der Waals surface area contributed by atoms with Crippen LogP contribution in [-0.4, -0.2) is 9.97 Å². The van der Waals surface area contributed by atoms with Crippen LogP contribution in [0.1, 0.15) is 11.1 Å². The van der Waals surface area contributed by atoms with Gasteiger partial charge in [-0.15, -0.1) is 0 Å². The van der Waals surface area contributed by atoms with Crippen LogP contribution < -0.4 is 5.73 Å². The Morgan fingerprint density at radius 3 is 2.93 bits per heavy atom. The highest BCUT2D eigenvalue weighted by atomic mass is 32.1. The Kier molecular flexibility index (Phi) is 2.17. The Morgan fingerprint density at radius 1 is 1.43 bits per heavy atom. The Labute approximate surface area is 87.8 Å². The van der Waals surface area contributed by atoms with Gasteiger partial charge in [0.25, 0.3) is 0 Å². The molecule has 0 bridgehead atoms. The summed E-state index contributed by atoms with van der Waals surface area (Å²) in [6.45, 7) is 2.02. The van der Waals surface area contributed by atoms with Crippen LogP contribution in [0.25, 0.3) is 10.9 Å². The molecule has 0 amide bonds. The maximum Gasteiger partial charge on any atom is 0.106 e. The van der Waals surface area contributed by atoms with Crippen molar-refractivity contribution in [2.75, 3.05) is 0 Å². The molecule has 0 radical (unpaired) electrons. The monoisotopic (exact) mass is 202 g/mol. The molecule has 0 saturated carbocycles. The van der Waals surface area contributed by atoms with E-state index in [1.165, 1.54) is 0 Å². The highest BCUT2D eigenvalue weighted by molar-refractivity contribution is 7.80. The van der Waals surface area contributed by atoms with Gasteiger partial charge in [0.1, 0.15) is 4.99 Å². The lowest BCUT2D eigenvalue weighted by molar-refractivity contribution is 1.38. The van der Waals surface area contributed by atoms with Gasteiger partial charge in [-0.3, -0.25) is 4.98 Å². The number of rotatable bonds is 1. The number of aromatic nitrogens is 1. The van der Waals surface area contributed by atoms with Crippen LogP contribution in [0.3, 0.4) is 0 Å². The summed E-state index contributed by atoms with van der Waals surface area (Å²) in [6, 6.07) is 7.96. The second-order valence-electron chi connectivity index (χ2n) is 3.25. The summed E-state index contributed by atoms with van der Waals surface area (Å²) in [4.78, 5) is 4.68. The van der Waals surface area contributed by atoms with E-state index >= 15 is 0 Å². The zero-order chi connectivity index (χ0) is 10.1. The second-order valence-corrected chi connectivity index (χ2v) is 3.69. The average Bonchev–Trinajstić information content (AvgIpc) is 2.16. The molecule has 0 aliphatic heterocycles. The lowest BCUT2D eigenvalue weighted by atomic mass is 10.1. The van der Waals surface area contributed by atoms with Gasteiger partial charge in [0.2, 0.25) is 0 Å². The number of fused-ring (bicyclic) bond motifs is 1. The fourth-order valence-corrected chi connectivity index (χ4v) is 1.69. The Morgan fingerprint density at radius 2 is 2.21 bits per heavy atom. The number of nitrogens with two attached hydrogens (primary N) is 1. The minimum Gasteiger partial charge on any atom is -0.389 e. The van der Waals surface area contributed by atoms with Gasteiger partial charge in [-0.25, -0.2) is 0 Å². The molecule has 1 aromatic heterocycles. The summed E-state index contributed by atoms with van der Waals surface area (Å²) in [5.74, 6) is 0. The predicted octanol–water partition coefficient (Wildman–Crippen LogP) is 2.18. The van der Waals surface area contributed by atoms with E-state index < -0.39 is 0 Å². The van der Waals surface area contributed by atoms with Crippen molar-refractivity contribution in [3.8, 4) is 0 Å². The summed E-state index contributed by atoms with van der Waals surface area (Å²) in [7, 11) is 0. The molecule has 3 heteroatoms. The van der Waals surface area contributed by atoms with E-state index in [9.17, 15) is 0 Å². The molecule has 0 fully saturated rings. The molecule has 70 valence electrons. The van der Waals surface area contributed by atoms with E-state index in [0.29, 0.717) is 4.99 Å². The summed E-state index contributed by atoms with van der Waals surface area (Å²) in [5.41, 5.74) is 8.52. The molecule has 14 heavy (non-hydrogen) atoms. The van der Waals surface area contributed by atoms with Crippen molar-refractivity contribution in [3.05, 3.63) is 41.6 Å². The van der Waals surface area contributed by atoms with E-state index in [0.717, 1.165) is 22.0 Å². The van der Waals surface area contributed by atoms with Gasteiger partial charge >= 0.3 is 0 Å². The fraction of sp³-hybridized carbons (Fsp3) is 0.0909. The third-order valence-electron chi connectivity index (χ3n) is 2.11. The van der Waals surface area contributed by atoms with Crippen molar-refractivity contribution in [2.24, 2.45) is 5.73 Å². The minimum absolute atomic E-state index is 0.400. The van der Waals surface area contributed by atoms with Gasteiger partial charge in [-0.2, -0.15) is 0 Å². The maximum atomic E-state index is 5.64. The minimum atomic E-state index is 0.400. The summed E-state index contributed by atoms with van der Waals surface area (Å²) < 4.78 is 0. The molecular formula is C11H10N2S. The average molecular weight is 202 g/mol. The van der Waals surface area contributed by atoms with E-state index in [4.69, 9.17) is 18.0 Å². The van der Waals surface area contributed by atoms with Crippen LogP contribution in [0.5, 0.6) is 0 Å². The number of nitrogens with zero attached hydrogens (tertiary/aromatic N) is 1. The van der Waals surface area contributed by atoms with E-state index in [2.05, 4.69) is 11.1 Å². The topological polar surface area (TPSA) is 38.9 Å². The van der Waals surface area contributed by atoms with Gasteiger partial charge in [0, 0.05) is 17.1 Å². The van der Waals surface area contributed by atoms with Gasteiger partial charge in [0.05, 0.1) is 5.52 Å². The number of pyridine rings is 1. The SMILES string of the molecule is Cc1cc(C(N)=S)c2ncccc2c1. The second kappa shape index (κ2) is 3.35. The van der Waals surface area contributed by atoms with Crippen molar-refractivity contribution < 1.29 is 0 Å². The predicted molar refractivity (Wildman–Crippen MR) is 62.4 cm³/mol. The molecule has 0 saturated heterocycles. The molecule has 1 aromatic carbocycles. The van der Waals surface area contributed by atoms with Crippen LogP contribution >= 0.6 is 12.2 Å². The molecule has 0 aliphatic rings. The molecular weight excluding hydrogens is 192 g/mol. The van der Waals surface area contributed by atoms with E-state index in [1.54, 1.807) is 6.20 Å². The van der Waals surface area contributed by atoms with Crippen LogP contribution in [0.15, 0.2) is 30.5 Å². The largest absolute Gasteiger partial charge is 0.389 e. The molecule has 0 aliphatic carbocycles. The molecule has 0 unspecified atom stereocenters. The number of hydrogen-bond donors (Lipinski definition) is 1. The Balaban J connectivity index is 2.87. The lowest BCUT2D eigenvalue weighted by Gasteiger charge is -2.05. The Hall–Kier alpha value is -1.48. The standard InChI is InChI=1S/C11H10N2S/c1-7-5-8-3-2-4-13-10(8)9(6-7)11(12)14/h2-6H,1H3,(H2,12,14). The summed E-state index contributed by atoms with van der Waals surface area (Å²) in [6.07, 6.45) is 1.75. The van der Waals surface area contributed by atoms with Crippen molar-refractivity contribution in [1.29, 1.82) is 0 Å². The molecule has 2 N–H and O–H groups in total. The zero-order valence-corrected chi connectivity index (χ0v) is 8.64. The number of benzene rings is 1. The maximum absolute atomic E-state index is 5.64. The number of aryl methyl sites for hydroxylation is 1. The van der Waals surface area contributed by atoms with E-state index in [-0.39, 0.29) is 0 Å². The smallest absolute Gasteiger partial charge is 0.106 e. The van der Waals surface area contributed by atoms with Crippen LogP contribution in [0.2, 0.25) is 0 Å². The lowest BCUT2D eigenvalue weighted by Crippen LogP contribution is -2.10. The third-order valence-corrected chi connectivity index (χ3v) is 2.33. The highest BCUT2D eigenvalue weighted by Crippen LogP contribution is 2.18. The molecule has 2 aromatic rings. The normalized spacial score (nSPS) is 10.4. The molecule has 1 heterocycles. The first-order valence-electron chi connectivity index (χ1n) is 4.33. The van der Waals surface area contributed by atoms with Crippen LogP contribution in [0.4, 0.5) is 0 Å². The van der Waals surface area contributed by atoms with Crippen LogP contribution in [-0.2, 0) is 0 Å². The molecule has 0 atom stereocenters. The number of hydrogen-bond acceptors (Lipinski definition) is 2. The van der Waals surface area contributed by atoms with Crippen molar-refractivity contribution in [1.82, 2.24) is 4.98 Å². The van der Waals surface area contributed by atoms with Crippen molar-refractivity contribution >= 4 is 28.1 Å². The third kappa shape index (κ3) is 1.46. The van der Waals surface area contributed by atoms with Crippen molar-refractivity contribution in [3.63, 3.8) is 0 Å². The summed E-state index contributed by atoms with van der Waals surface area (Å²) >= 11 is 4.99. The summed E-state index contributed by atoms with van der Waals surface area (Å²) in [5, 5.41) is 1.08. The zero-order valence-electron chi connectivity index (χ0n) is 7.82. The van der Waals surface area contributed by atoms with Crippen LogP contribution in [0, 0.1) is 6.92 Å². The van der Waals surface area contributed by atoms with Gasteiger partial charge in [0.15, 0.2) is 0 Å². The first-order chi connectivity index (χ1) is 6.68. The highest BCUT2D eigenvalue weighted by Gasteiger charge is 2.04. The molecule has 2 rings (SSSR count). The first-order valence-corrected chi connectivity index (χ1v) is 4.74. The fourth-order valence-electron chi connectivity index (χ4n) is 1.53. The molecule has 2 nitrogen and oxygen atoms in total. The Bertz CT molecular complexity index is 506. The molecule has 0 spiro atoms. The van der Waals surface area contributed by atoms with Gasteiger partial charge in [-0.1, -0.05) is 18.3 Å². The first kappa shape index (κ1) is 9.09.